The van der Waals surface area contributed by atoms with Crippen LogP contribution in [0.3, 0.4) is 0 Å². The molecule has 0 spiro atoms. The second-order valence-corrected chi connectivity index (χ2v) is 8.40. The van der Waals surface area contributed by atoms with E-state index in [0.29, 0.717) is 22.3 Å². The predicted octanol–water partition coefficient (Wildman–Crippen LogP) is 3.14. The summed E-state index contributed by atoms with van der Waals surface area (Å²) in [5.74, 6) is 1.92. The van der Waals surface area contributed by atoms with Crippen LogP contribution in [-0.2, 0) is 0 Å². The standard InChI is InChI=1S/C18H22ClN5OS/c19-15-5-4-14(26-15)18(25)24-12-10-23(11-13-24)17-7-6-16(20-21-17)22-8-2-1-3-9-22/h4-7H,1-3,8-13H2. The van der Waals surface area contributed by atoms with Gasteiger partial charge in [-0.05, 0) is 43.5 Å². The van der Waals surface area contributed by atoms with E-state index in [0.717, 1.165) is 37.8 Å². The van der Waals surface area contributed by atoms with E-state index in [-0.39, 0.29) is 5.91 Å². The topological polar surface area (TPSA) is 52.6 Å². The van der Waals surface area contributed by atoms with E-state index in [1.54, 1.807) is 12.1 Å². The molecule has 2 aromatic rings. The Morgan fingerprint density at radius 1 is 0.846 bits per heavy atom. The number of hydrogen-bond acceptors (Lipinski definition) is 6. The lowest BCUT2D eigenvalue weighted by Gasteiger charge is -2.35. The summed E-state index contributed by atoms with van der Waals surface area (Å²) in [5.41, 5.74) is 0. The Bertz CT molecular complexity index is 751. The number of nitrogens with zero attached hydrogens (tertiary/aromatic N) is 5. The van der Waals surface area contributed by atoms with Gasteiger partial charge in [0.15, 0.2) is 11.6 Å². The third-order valence-electron chi connectivity index (χ3n) is 4.99. The van der Waals surface area contributed by atoms with Crippen LogP contribution in [0.1, 0.15) is 28.9 Å². The van der Waals surface area contributed by atoms with Crippen molar-refractivity contribution in [2.24, 2.45) is 0 Å². The van der Waals surface area contributed by atoms with Gasteiger partial charge in [-0.1, -0.05) is 11.6 Å². The summed E-state index contributed by atoms with van der Waals surface area (Å²) in [5, 5.41) is 8.85. The van der Waals surface area contributed by atoms with E-state index >= 15 is 0 Å². The minimum atomic E-state index is 0.0630. The SMILES string of the molecule is O=C(c1ccc(Cl)s1)N1CCN(c2ccc(N3CCCCC3)nn2)CC1. The number of amides is 1. The summed E-state index contributed by atoms with van der Waals surface area (Å²) in [6.45, 7) is 5.04. The first-order valence-corrected chi connectivity index (χ1v) is 10.3. The molecule has 0 atom stereocenters. The zero-order chi connectivity index (χ0) is 17.9. The molecule has 2 aliphatic heterocycles. The number of thiophene rings is 1. The van der Waals surface area contributed by atoms with E-state index in [1.165, 1.54) is 30.6 Å². The largest absolute Gasteiger partial charge is 0.355 e. The lowest BCUT2D eigenvalue weighted by Crippen LogP contribution is -2.49. The molecule has 0 aromatic carbocycles. The molecule has 2 fully saturated rings. The number of piperidine rings is 1. The molecule has 0 N–H and O–H groups in total. The lowest BCUT2D eigenvalue weighted by atomic mass is 10.1. The van der Waals surface area contributed by atoms with Gasteiger partial charge in [-0.3, -0.25) is 4.79 Å². The fourth-order valence-electron chi connectivity index (χ4n) is 3.50. The van der Waals surface area contributed by atoms with Crippen molar-refractivity contribution in [1.29, 1.82) is 0 Å². The first-order valence-electron chi connectivity index (χ1n) is 9.09. The van der Waals surface area contributed by atoms with Crippen molar-refractivity contribution in [3.05, 3.63) is 33.5 Å². The van der Waals surface area contributed by atoms with Crippen LogP contribution in [0, 0.1) is 0 Å². The van der Waals surface area contributed by atoms with E-state index < -0.39 is 0 Å². The van der Waals surface area contributed by atoms with Gasteiger partial charge in [-0.15, -0.1) is 21.5 Å². The van der Waals surface area contributed by atoms with Crippen LogP contribution >= 0.6 is 22.9 Å². The van der Waals surface area contributed by atoms with E-state index in [1.807, 2.05) is 11.0 Å². The summed E-state index contributed by atoms with van der Waals surface area (Å²) in [6.07, 6.45) is 3.77. The van der Waals surface area contributed by atoms with Gasteiger partial charge < -0.3 is 14.7 Å². The van der Waals surface area contributed by atoms with Gasteiger partial charge >= 0.3 is 0 Å². The van der Waals surface area contributed by atoms with Crippen molar-refractivity contribution in [1.82, 2.24) is 15.1 Å². The van der Waals surface area contributed by atoms with Crippen LogP contribution in [0.25, 0.3) is 0 Å². The molecule has 2 aliphatic rings. The number of anilines is 2. The maximum Gasteiger partial charge on any atom is 0.264 e. The molecule has 0 unspecified atom stereocenters. The smallest absolute Gasteiger partial charge is 0.264 e. The van der Waals surface area contributed by atoms with Crippen LogP contribution in [0.2, 0.25) is 4.34 Å². The number of piperazine rings is 1. The Hall–Kier alpha value is -1.86. The number of carbonyl (C=O) groups excluding carboxylic acids is 1. The maximum absolute atomic E-state index is 12.5. The third-order valence-corrected chi connectivity index (χ3v) is 6.21. The van der Waals surface area contributed by atoms with Crippen molar-refractivity contribution >= 4 is 40.5 Å². The number of carbonyl (C=O) groups is 1. The first-order chi connectivity index (χ1) is 12.7. The van der Waals surface area contributed by atoms with Gasteiger partial charge in [0.25, 0.3) is 5.91 Å². The summed E-state index contributed by atoms with van der Waals surface area (Å²) in [4.78, 5) is 19.6. The summed E-state index contributed by atoms with van der Waals surface area (Å²) in [6, 6.07) is 7.69. The van der Waals surface area contributed by atoms with Crippen LogP contribution in [0.15, 0.2) is 24.3 Å². The number of aromatic nitrogens is 2. The zero-order valence-corrected chi connectivity index (χ0v) is 16.2. The molecule has 138 valence electrons. The molecule has 2 aromatic heterocycles. The molecule has 8 heteroatoms. The van der Waals surface area contributed by atoms with Gasteiger partial charge in [0.05, 0.1) is 9.21 Å². The average molecular weight is 392 g/mol. The van der Waals surface area contributed by atoms with Gasteiger partial charge in [-0.2, -0.15) is 0 Å². The van der Waals surface area contributed by atoms with Crippen molar-refractivity contribution in [2.75, 3.05) is 49.1 Å². The molecule has 6 nitrogen and oxygen atoms in total. The number of halogens is 1. The van der Waals surface area contributed by atoms with Crippen LogP contribution in [0.5, 0.6) is 0 Å². The third kappa shape index (κ3) is 3.78. The normalized spacial score (nSPS) is 18.3. The van der Waals surface area contributed by atoms with Crippen LogP contribution < -0.4 is 9.80 Å². The second kappa shape index (κ2) is 7.80. The predicted molar refractivity (Wildman–Crippen MR) is 106 cm³/mol. The number of rotatable bonds is 3. The summed E-state index contributed by atoms with van der Waals surface area (Å²) < 4.78 is 0.649. The van der Waals surface area contributed by atoms with Crippen LogP contribution in [-0.4, -0.2) is 60.3 Å². The van der Waals surface area contributed by atoms with Crippen molar-refractivity contribution < 1.29 is 4.79 Å². The average Bonchev–Trinajstić information content (AvgIpc) is 3.15. The molecule has 1 amide bonds. The molecule has 0 saturated carbocycles. The van der Waals surface area contributed by atoms with Gasteiger partial charge in [0.2, 0.25) is 0 Å². The van der Waals surface area contributed by atoms with Crippen molar-refractivity contribution in [3.63, 3.8) is 0 Å². The Morgan fingerprint density at radius 2 is 1.46 bits per heavy atom. The molecule has 0 radical (unpaired) electrons. The van der Waals surface area contributed by atoms with Crippen molar-refractivity contribution in [3.8, 4) is 0 Å². The second-order valence-electron chi connectivity index (χ2n) is 6.68. The molecule has 4 heterocycles. The monoisotopic (exact) mass is 391 g/mol. The number of hydrogen-bond donors (Lipinski definition) is 0. The van der Waals surface area contributed by atoms with Gasteiger partial charge in [-0.25, -0.2) is 0 Å². The zero-order valence-electron chi connectivity index (χ0n) is 14.6. The minimum Gasteiger partial charge on any atom is -0.355 e. The maximum atomic E-state index is 12.5. The Morgan fingerprint density at radius 3 is 2.00 bits per heavy atom. The fourth-order valence-corrected chi connectivity index (χ4v) is 4.51. The summed E-state index contributed by atoms with van der Waals surface area (Å²) in [7, 11) is 0. The first kappa shape index (κ1) is 17.5. The molecular weight excluding hydrogens is 370 g/mol. The summed E-state index contributed by atoms with van der Waals surface area (Å²) >= 11 is 7.27. The molecular formula is C18H22ClN5OS. The highest BCUT2D eigenvalue weighted by Gasteiger charge is 2.24. The Balaban J connectivity index is 1.35. The molecule has 0 aliphatic carbocycles. The molecule has 4 rings (SSSR count). The van der Waals surface area contributed by atoms with Crippen LogP contribution in [0.4, 0.5) is 11.6 Å². The highest BCUT2D eigenvalue weighted by atomic mass is 35.5. The minimum absolute atomic E-state index is 0.0630. The van der Waals surface area contributed by atoms with Crippen molar-refractivity contribution in [2.45, 2.75) is 19.3 Å². The highest BCUT2D eigenvalue weighted by Crippen LogP contribution is 2.24. The lowest BCUT2D eigenvalue weighted by molar-refractivity contribution is 0.0751. The van der Waals surface area contributed by atoms with E-state index in [4.69, 9.17) is 11.6 Å². The molecule has 0 bridgehead atoms. The van der Waals surface area contributed by atoms with Gasteiger partial charge in [0, 0.05) is 39.3 Å². The Labute approximate surface area is 162 Å². The Kier molecular flexibility index (Phi) is 5.26. The quantitative estimate of drug-likeness (QED) is 0.804. The highest BCUT2D eigenvalue weighted by molar-refractivity contribution is 7.17. The molecule has 2 saturated heterocycles. The van der Waals surface area contributed by atoms with E-state index in [9.17, 15) is 4.79 Å². The van der Waals surface area contributed by atoms with Gasteiger partial charge in [0.1, 0.15) is 0 Å². The fraction of sp³-hybridized carbons (Fsp3) is 0.500. The molecule has 26 heavy (non-hydrogen) atoms. The van der Waals surface area contributed by atoms with E-state index in [2.05, 4.69) is 26.1 Å².